The first-order valence-corrected chi connectivity index (χ1v) is 5.98. The summed E-state index contributed by atoms with van der Waals surface area (Å²) in [6.45, 7) is 2.10. The molecule has 16 heavy (non-hydrogen) atoms. The molecule has 86 valence electrons. The number of hydrogen-bond acceptors (Lipinski definition) is 2. The van der Waals surface area contributed by atoms with E-state index >= 15 is 0 Å². The number of nitrogens with one attached hydrogen (secondary N) is 1. The molecule has 1 aliphatic rings. The minimum Gasteiger partial charge on any atom is -0.347 e. The first-order chi connectivity index (χ1) is 7.67. The lowest BCUT2D eigenvalue weighted by molar-refractivity contribution is 0.0820. The average molecular weight is 239 g/mol. The first kappa shape index (κ1) is 11.4. The summed E-state index contributed by atoms with van der Waals surface area (Å²) in [5, 5.41) is 3.34. The van der Waals surface area contributed by atoms with Crippen molar-refractivity contribution < 1.29 is 4.79 Å². The maximum Gasteiger partial charge on any atom is 0.254 e. The fraction of sp³-hybridized carbons (Fsp3) is 0.500. The van der Waals surface area contributed by atoms with Crippen LogP contribution in [0.15, 0.2) is 18.3 Å². The summed E-state index contributed by atoms with van der Waals surface area (Å²) in [5.74, 6) is -0.111. The van der Waals surface area contributed by atoms with E-state index in [4.69, 9.17) is 11.6 Å². The van der Waals surface area contributed by atoms with Crippen LogP contribution >= 0.6 is 11.6 Å². The maximum atomic E-state index is 12.0. The number of amides is 1. The van der Waals surface area contributed by atoms with Crippen LogP contribution in [0, 0.1) is 0 Å². The van der Waals surface area contributed by atoms with Gasteiger partial charge in [0.15, 0.2) is 0 Å². The second-order valence-electron chi connectivity index (χ2n) is 4.28. The molecular weight excluding hydrogens is 224 g/mol. The van der Waals surface area contributed by atoms with Crippen molar-refractivity contribution in [3.63, 3.8) is 0 Å². The van der Waals surface area contributed by atoms with Crippen LogP contribution in [-0.2, 0) is 0 Å². The monoisotopic (exact) mass is 238 g/mol. The number of nitrogens with zero attached hydrogens (tertiary/aromatic N) is 1. The van der Waals surface area contributed by atoms with E-state index in [1.807, 2.05) is 0 Å². The van der Waals surface area contributed by atoms with Gasteiger partial charge in [0.2, 0.25) is 0 Å². The van der Waals surface area contributed by atoms with E-state index < -0.39 is 0 Å². The molecule has 0 spiro atoms. The van der Waals surface area contributed by atoms with Gasteiger partial charge in [-0.1, -0.05) is 18.5 Å². The number of rotatable bonds is 3. The van der Waals surface area contributed by atoms with Crippen LogP contribution in [0.2, 0.25) is 5.15 Å². The van der Waals surface area contributed by atoms with Crippen molar-refractivity contribution in [2.24, 2.45) is 0 Å². The van der Waals surface area contributed by atoms with Crippen LogP contribution in [0.5, 0.6) is 0 Å². The molecule has 0 atom stereocenters. The number of carbonyl (C=O) groups excluding carboxylic acids is 1. The van der Waals surface area contributed by atoms with Crippen molar-refractivity contribution in [3.05, 3.63) is 29.0 Å². The van der Waals surface area contributed by atoms with Crippen molar-refractivity contribution in [2.45, 2.75) is 38.1 Å². The Bertz CT molecular complexity index is 396. The van der Waals surface area contributed by atoms with Crippen molar-refractivity contribution in [3.8, 4) is 0 Å². The predicted molar refractivity (Wildman–Crippen MR) is 63.6 cm³/mol. The average Bonchev–Trinajstić information content (AvgIpc) is 2.24. The lowest BCUT2D eigenvalue weighted by atomic mass is 9.74. The van der Waals surface area contributed by atoms with Gasteiger partial charge in [0.1, 0.15) is 5.15 Å². The number of pyridine rings is 1. The molecule has 0 aliphatic heterocycles. The van der Waals surface area contributed by atoms with Gasteiger partial charge < -0.3 is 5.32 Å². The summed E-state index contributed by atoms with van der Waals surface area (Å²) in [7, 11) is 0. The lowest BCUT2D eigenvalue weighted by Gasteiger charge is -2.42. The van der Waals surface area contributed by atoms with Crippen molar-refractivity contribution in [1.82, 2.24) is 10.3 Å². The fourth-order valence-corrected chi connectivity index (χ4v) is 2.24. The largest absolute Gasteiger partial charge is 0.347 e. The third-order valence-corrected chi connectivity index (χ3v) is 3.67. The Kier molecular flexibility index (Phi) is 3.15. The highest BCUT2D eigenvalue weighted by molar-refractivity contribution is 6.32. The Balaban J connectivity index is 2.11. The molecule has 1 heterocycles. The Morgan fingerprint density at radius 2 is 2.38 bits per heavy atom. The highest BCUT2D eigenvalue weighted by Gasteiger charge is 2.36. The minimum atomic E-state index is -0.111. The molecule has 0 aromatic carbocycles. The van der Waals surface area contributed by atoms with E-state index in [-0.39, 0.29) is 16.6 Å². The third kappa shape index (κ3) is 2.05. The third-order valence-electron chi connectivity index (χ3n) is 3.37. The zero-order valence-electron chi connectivity index (χ0n) is 9.29. The second-order valence-corrected chi connectivity index (χ2v) is 4.64. The van der Waals surface area contributed by atoms with Gasteiger partial charge in [-0.15, -0.1) is 0 Å². The molecule has 1 aromatic rings. The summed E-state index contributed by atoms with van der Waals surface area (Å²) in [6.07, 6.45) is 5.86. The normalized spacial score (nSPS) is 17.6. The van der Waals surface area contributed by atoms with E-state index in [1.165, 1.54) is 6.42 Å². The quantitative estimate of drug-likeness (QED) is 0.823. The SMILES string of the molecule is CCC1(NC(=O)c2cccnc2Cl)CCC1. The van der Waals surface area contributed by atoms with E-state index in [0.29, 0.717) is 5.56 Å². The number of aromatic nitrogens is 1. The molecular formula is C12H15ClN2O. The summed E-state index contributed by atoms with van der Waals surface area (Å²) in [6, 6.07) is 3.42. The van der Waals surface area contributed by atoms with E-state index in [9.17, 15) is 4.79 Å². The number of hydrogen-bond donors (Lipinski definition) is 1. The van der Waals surface area contributed by atoms with Crippen LogP contribution in [-0.4, -0.2) is 16.4 Å². The Morgan fingerprint density at radius 3 is 2.88 bits per heavy atom. The van der Waals surface area contributed by atoms with Crippen molar-refractivity contribution >= 4 is 17.5 Å². The van der Waals surface area contributed by atoms with Gasteiger partial charge in [-0.25, -0.2) is 4.98 Å². The smallest absolute Gasteiger partial charge is 0.254 e. The molecule has 0 bridgehead atoms. The van der Waals surface area contributed by atoms with Crippen LogP contribution in [0.1, 0.15) is 43.0 Å². The number of halogens is 1. The molecule has 1 aliphatic carbocycles. The highest BCUT2D eigenvalue weighted by Crippen LogP contribution is 2.35. The van der Waals surface area contributed by atoms with Gasteiger partial charge in [-0.05, 0) is 37.8 Å². The van der Waals surface area contributed by atoms with Gasteiger partial charge in [0.25, 0.3) is 5.91 Å². The molecule has 1 amide bonds. The van der Waals surface area contributed by atoms with E-state index in [2.05, 4.69) is 17.2 Å². The molecule has 1 aromatic heterocycles. The van der Waals surface area contributed by atoms with Gasteiger partial charge in [-0.2, -0.15) is 0 Å². The van der Waals surface area contributed by atoms with E-state index in [0.717, 1.165) is 19.3 Å². The molecule has 0 unspecified atom stereocenters. The van der Waals surface area contributed by atoms with Gasteiger partial charge in [-0.3, -0.25) is 4.79 Å². The Labute approximate surface area is 100 Å². The van der Waals surface area contributed by atoms with Crippen LogP contribution in [0.3, 0.4) is 0 Å². The highest BCUT2D eigenvalue weighted by atomic mass is 35.5. The van der Waals surface area contributed by atoms with Gasteiger partial charge in [0, 0.05) is 11.7 Å². The lowest BCUT2D eigenvalue weighted by Crippen LogP contribution is -2.53. The van der Waals surface area contributed by atoms with Crippen molar-refractivity contribution in [2.75, 3.05) is 0 Å². The van der Waals surface area contributed by atoms with Crippen LogP contribution < -0.4 is 5.32 Å². The summed E-state index contributed by atoms with van der Waals surface area (Å²) in [5.41, 5.74) is 0.458. The molecule has 3 nitrogen and oxygen atoms in total. The standard InChI is InChI=1S/C12H15ClN2O/c1-2-12(6-4-7-12)15-11(16)9-5-3-8-14-10(9)13/h3,5,8H,2,4,6-7H2,1H3,(H,15,16). The molecule has 1 N–H and O–H groups in total. The van der Waals surface area contributed by atoms with E-state index in [1.54, 1.807) is 18.3 Å². The summed E-state index contributed by atoms with van der Waals surface area (Å²) >= 11 is 5.88. The fourth-order valence-electron chi connectivity index (χ4n) is 2.03. The van der Waals surface area contributed by atoms with Gasteiger partial charge >= 0.3 is 0 Å². The molecule has 1 fully saturated rings. The van der Waals surface area contributed by atoms with Crippen LogP contribution in [0.25, 0.3) is 0 Å². The zero-order valence-corrected chi connectivity index (χ0v) is 10.0. The van der Waals surface area contributed by atoms with Gasteiger partial charge in [0.05, 0.1) is 5.56 Å². The predicted octanol–water partition coefficient (Wildman–Crippen LogP) is 2.80. The zero-order chi connectivity index (χ0) is 11.6. The second kappa shape index (κ2) is 4.42. The molecule has 1 saturated carbocycles. The first-order valence-electron chi connectivity index (χ1n) is 5.60. The number of carbonyl (C=O) groups is 1. The summed E-state index contributed by atoms with van der Waals surface area (Å²) < 4.78 is 0. The van der Waals surface area contributed by atoms with Crippen molar-refractivity contribution in [1.29, 1.82) is 0 Å². The maximum absolute atomic E-state index is 12.0. The molecule has 0 radical (unpaired) electrons. The Hall–Kier alpha value is -1.09. The summed E-state index contributed by atoms with van der Waals surface area (Å²) in [4.78, 5) is 15.9. The minimum absolute atomic E-state index is 0.00372. The van der Waals surface area contributed by atoms with Crippen LogP contribution in [0.4, 0.5) is 0 Å². The topological polar surface area (TPSA) is 42.0 Å². The molecule has 2 rings (SSSR count). The Morgan fingerprint density at radius 1 is 1.62 bits per heavy atom. The molecule has 0 saturated heterocycles. The molecule has 4 heteroatoms.